The van der Waals surface area contributed by atoms with Crippen LogP contribution in [0.5, 0.6) is 0 Å². The molecule has 1 N–H and O–H groups in total. The van der Waals surface area contributed by atoms with Crippen molar-refractivity contribution in [2.45, 2.75) is 51.0 Å². The lowest BCUT2D eigenvalue weighted by molar-refractivity contribution is -0.139. The molecule has 27 heavy (non-hydrogen) atoms. The van der Waals surface area contributed by atoms with Gasteiger partial charge in [-0.15, -0.1) is 0 Å². The Morgan fingerprint density at radius 1 is 1.30 bits per heavy atom. The van der Waals surface area contributed by atoms with Gasteiger partial charge in [-0.1, -0.05) is 12.1 Å². The fraction of sp³-hybridized carbons (Fsp3) is 0.619. The van der Waals surface area contributed by atoms with Crippen LogP contribution in [0.2, 0.25) is 0 Å². The molecule has 4 rings (SSSR count). The third-order valence-corrected chi connectivity index (χ3v) is 5.77. The van der Waals surface area contributed by atoms with Gasteiger partial charge in [-0.25, -0.2) is 4.98 Å². The van der Waals surface area contributed by atoms with Crippen LogP contribution in [0.3, 0.4) is 0 Å². The molecule has 1 amide bonds. The fourth-order valence-corrected chi connectivity index (χ4v) is 4.10. The lowest BCUT2D eigenvalue weighted by Gasteiger charge is -2.31. The average molecular weight is 371 g/mol. The highest BCUT2D eigenvalue weighted by Crippen LogP contribution is 2.28. The number of fused-ring (bicyclic) bond motifs is 1. The molecule has 0 aliphatic carbocycles. The summed E-state index contributed by atoms with van der Waals surface area (Å²) >= 11 is 0. The molecule has 2 aliphatic heterocycles. The first-order valence-corrected chi connectivity index (χ1v) is 10.1. The van der Waals surface area contributed by atoms with Gasteiger partial charge in [0.25, 0.3) is 0 Å². The molecule has 3 heterocycles. The van der Waals surface area contributed by atoms with Crippen LogP contribution in [0.1, 0.15) is 49.4 Å². The molecule has 1 atom stereocenters. The number of imidazole rings is 1. The van der Waals surface area contributed by atoms with E-state index in [-0.39, 0.29) is 18.6 Å². The molecule has 0 bridgehead atoms. The molecular weight excluding hydrogens is 342 g/mol. The Bertz CT molecular complexity index is 774. The number of piperidine rings is 1. The van der Waals surface area contributed by atoms with Gasteiger partial charge in [0.1, 0.15) is 12.4 Å². The third-order valence-electron chi connectivity index (χ3n) is 5.77. The van der Waals surface area contributed by atoms with Crippen LogP contribution in [0.15, 0.2) is 18.2 Å². The zero-order chi connectivity index (χ0) is 18.6. The van der Waals surface area contributed by atoms with Crippen molar-refractivity contribution in [2.75, 3.05) is 32.9 Å². The number of nitrogens with one attached hydrogen (secondary N) is 1. The second-order valence-corrected chi connectivity index (χ2v) is 7.75. The highest BCUT2D eigenvalue weighted by molar-refractivity contribution is 5.79. The van der Waals surface area contributed by atoms with E-state index < -0.39 is 0 Å². The third kappa shape index (κ3) is 4.33. The fourth-order valence-electron chi connectivity index (χ4n) is 4.10. The molecule has 0 saturated carbocycles. The average Bonchev–Trinajstić information content (AvgIpc) is 3.15. The SMILES string of the molecule is Cc1cccc2[nH]c(C3CCN(C(=O)COCC4CCCCO4)CC3)nc12. The van der Waals surface area contributed by atoms with Gasteiger partial charge in [-0.05, 0) is 50.7 Å². The monoisotopic (exact) mass is 371 g/mol. The zero-order valence-electron chi connectivity index (χ0n) is 16.1. The molecule has 1 unspecified atom stereocenters. The van der Waals surface area contributed by atoms with Crippen LogP contribution >= 0.6 is 0 Å². The van der Waals surface area contributed by atoms with E-state index >= 15 is 0 Å². The van der Waals surface area contributed by atoms with E-state index in [9.17, 15) is 4.79 Å². The van der Waals surface area contributed by atoms with E-state index in [0.717, 1.165) is 62.2 Å². The topological polar surface area (TPSA) is 67.5 Å². The Morgan fingerprint density at radius 3 is 2.89 bits per heavy atom. The number of carbonyl (C=O) groups excluding carboxylic acids is 1. The van der Waals surface area contributed by atoms with Gasteiger partial charge in [-0.2, -0.15) is 0 Å². The summed E-state index contributed by atoms with van der Waals surface area (Å²) < 4.78 is 11.3. The number of amides is 1. The Morgan fingerprint density at radius 2 is 2.15 bits per heavy atom. The van der Waals surface area contributed by atoms with Crippen LogP contribution in [-0.2, 0) is 14.3 Å². The summed E-state index contributed by atoms with van der Waals surface area (Å²) in [5, 5.41) is 0. The van der Waals surface area contributed by atoms with Gasteiger partial charge in [0.15, 0.2) is 0 Å². The van der Waals surface area contributed by atoms with Crippen molar-refractivity contribution in [3.05, 3.63) is 29.6 Å². The van der Waals surface area contributed by atoms with Gasteiger partial charge in [0, 0.05) is 25.6 Å². The van der Waals surface area contributed by atoms with E-state index in [1.54, 1.807) is 0 Å². The summed E-state index contributed by atoms with van der Waals surface area (Å²) in [6, 6.07) is 6.22. The van der Waals surface area contributed by atoms with Gasteiger partial charge in [0.05, 0.1) is 23.7 Å². The Balaban J connectivity index is 1.25. The maximum atomic E-state index is 12.4. The first kappa shape index (κ1) is 18.4. The Hall–Kier alpha value is -1.92. The quantitative estimate of drug-likeness (QED) is 0.877. The number of ether oxygens (including phenoxy) is 2. The van der Waals surface area contributed by atoms with E-state index in [4.69, 9.17) is 14.5 Å². The number of benzene rings is 1. The first-order valence-electron chi connectivity index (χ1n) is 10.1. The van der Waals surface area contributed by atoms with Crippen LogP contribution in [0, 0.1) is 6.92 Å². The second-order valence-electron chi connectivity index (χ2n) is 7.75. The minimum absolute atomic E-state index is 0.0877. The predicted molar refractivity (Wildman–Crippen MR) is 104 cm³/mol. The number of nitrogens with zero attached hydrogens (tertiary/aromatic N) is 2. The van der Waals surface area contributed by atoms with Crippen LogP contribution in [-0.4, -0.2) is 59.8 Å². The number of para-hydroxylation sites is 1. The molecule has 6 nitrogen and oxygen atoms in total. The Labute approximate surface area is 160 Å². The molecule has 2 aromatic rings. The summed E-state index contributed by atoms with van der Waals surface area (Å²) in [7, 11) is 0. The number of aromatic amines is 1. The van der Waals surface area contributed by atoms with E-state index in [0.29, 0.717) is 12.5 Å². The number of hydrogen-bond donors (Lipinski definition) is 1. The lowest BCUT2D eigenvalue weighted by atomic mass is 9.96. The highest BCUT2D eigenvalue weighted by atomic mass is 16.5. The van der Waals surface area contributed by atoms with E-state index in [2.05, 4.69) is 30.1 Å². The van der Waals surface area contributed by atoms with Crippen molar-refractivity contribution >= 4 is 16.9 Å². The summed E-state index contributed by atoms with van der Waals surface area (Å²) in [6.07, 6.45) is 5.41. The zero-order valence-corrected chi connectivity index (χ0v) is 16.1. The molecular formula is C21H29N3O3. The summed E-state index contributed by atoms with van der Waals surface area (Å²) in [5.74, 6) is 1.53. The molecule has 0 radical (unpaired) electrons. The molecule has 146 valence electrons. The minimum Gasteiger partial charge on any atom is -0.376 e. The van der Waals surface area contributed by atoms with E-state index in [1.165, 1.54) is 12.0 Å². The molecule has 2 aliphatic rings. The summed E-state index contributed by atoms with van der Waals surface area (Å²) in [6.45, 7) is 5.13. The van der Waals surface area contributed by atoms with Crippen LogP contribution < -0.4 is 0 Å². The number of rotatable bonds is 5. The summed E-state index contributed by atoms with van der Waals surface area (Å²) in [4.78, 5) is 22.6. The molecule has 1 aromatic carbocycles. The number of aryl methyl sites for hydroxylation is 1. The number of aromatic nitrogens is 2. The number of hydrogen-bond acceptors (Lipinski definition) is 4. The number of likely N-dealkylation sites (tertiary alicyclic amines) is 1. The van der Waals surface area contributed by atoms with E-state index in [1.807, 2.05) is 4.90 Å². The maximum Gasteiger partial charge on any atom is 0.248 e. The Kier molecular flexibility index (Phi) is 5.74. The molecule has 1 aromatic heterocycles. The van der Waals surface area contributed by atoms with Crippen LogP contribution in [0.4, 0.5) is 0 Å². The van der Waals surface area contributed by atoms with Gasteiger partial charge in [0.2, 0.25) is 5.91 Å². The molecule has 2 saturated heterocycles. The largest absolute Gasteiger partial charge is 0.376 e. The van der Waals surface area contributed by atoms with Crippen LogP contribution in [0.25, 0.3) is 11.0 Å². The first-order chi connectivity index (χ1) is 13.2. The normalized spacial score (nSPS) is 21.7. The standard InChI is InChI=1S/C21H29N3O3/c1-15-5-4-7-18-20(15)23-21(22-18)16-8-10-24(11-9-16)19(25)14-26-13-17-6-2-3-12-27-17/h4-5,7,16-17H,2-3,6,8-14H2,1H3,(H,22,23). The predicted octanol–water partition coefficient (Wildman–Crippen LogP) is 3.16. The second kappa shape index (κ2) is 8.40. The van der Waals surface area contributed by atoms with Gasteiger partial charge >= 0.3 is 0 Å². The van der Waals surface area contributed by atoms with Gasteiger partial charge in [-0.3, -0.25) is 4.79 Å². The highest BCUT2D eigenvalue weighted by Gasteiger charge is 2.26. The number of carbonyl (C=O) groups is 1. The van der Waals surface area contributed by atoms with Gasteiger partial charge < -0.3 is 19.4 Å². The smallest absolute Gasteiger partial charge is 0.248 e. The van der Waals surface area contributed by atoms with Crippen molar-refractivity contribution in [1.82, 2.24) is 14.9 Å². The minimum atomic E-state index is 0.0877. The van der Waals surface area contributed by atoms with Crippen molar-refractivity contribution in [3.8, 4) is 0 Å². The maximum absolute atomic E-state index is 12.4. The number of H-pyrrole nitrogens is 1. The van der Waals surface area contributed by atoms with Crippen molar-refractivity contribution in [1.29, 1.82) is 0 Å². The van der Waals surface area contributed by atoms with Crippen molar-refractivity contribution in [2.24, 2.45) is 0 Å². The lowest BCUT2D eigenvalue weighted by Crippen LogP contribution is -2.40. The molecule has 2 fully saturated rings. The molecule has 0 spiro atoms. The van der Waals surface area contributed by atoms with Crippen molar-refractivity contribution < 1.29 is 14.3 Å². The summed E-state index contributed by atoms with van der Waals surface area (Å²) in [5.41, 5.74) is 3.35. The molecule has 6 heteroatoms. The van der Waals surface area contributed by atoms with Crippen molar-refractivity contribution in [3.63, 3.8) is 0 Å².